The Bertz CT molecular complexity index is 533. The van der Waals surface area contributed by atoms with E-state index in [4.69, 9.17) is 5.73 Å². The first-order chi connectivity index (χ1) is 8.86. The molecule has 0 amide bonds. The predicted molar refractivity (Wildman–Crippen MR) is 73.1 cm³/mol. The number of rotatable bonds is 3. The first kappa shape index (κ1) is 14.5. The van der Waals surface area contributed by atoms with Gasteiger partial charge < -0.3 is 10.3 Å². The minimum absolute atomic E-state index is 0.0990. The lowest BCUT2D eigenvalue weighted by atomic mass is 9.92. The maximum atomic E-state index is 12.5. The fourth-order valence-corrected chi connectivity index (χ4v) is 3.99. The highest BCUT2D eigenvalue weighted by Gasteiger charge is 2.34. The van der Waals surface area contributed by atoms with Crippen molar-refractivity contribution in [1.82, 2.24) is 13.9 Å². The second kappa shape index (κ2) is 5.22. The molecule has 0 aromatic carbocycles. The molecule has 2 atom stereocenters. The number of hydrogen-bond donors (Lipinski definition) is 1. The Kier molecular flexibility index (Phi) is 3.98. The molecule has 19 heavy (non-hydrogen) atoms. The van der Waals surface area contributed by atoms with Gasteiger partial charge in [0, 0.05) is 32.4 Å². The second-order valence-electron chi connectivity index (χ2n) is 5.22. The second-order valence-corrected chi connectivity index (χ2v) is 7.11. The van der Waals surface area contributed by atoms with Gasteiger partial charge in [-0.2, -0.15) is 4.31 Å². The molecule has 0 saturated carbocycles. The topological polar surface area (TPSA) is 81.2 Å². The summed E-state index contributed by atoms with van der Waals surface area (Å²) in [5.41, 5.74) is 6.02. The maximum Gasteiger partial charge on any atom is 0.262 e. The van der Waals surface area contributed by atoms with Gasteiger partial charge in [0.25, 0.3) is 10.0 Å². The maximum absolute atomic E-state index is 12.5. The van der Waals surface area contributed by atoms with Crippen LogP contribution in [0.1, 0.15) is 25.6 Å². The highest BCUT2D eigenvalue weighted by Crippen LogP contribution is 2.24. The molecule has 2 heterocycles. The van der Waals surface area contributed by atoms with Crippen molar-refractivity contribution in [2.45, 2.75) is 37.8 Å². The van der Waals surface area contributed by atoms with E-state index in [1.165, 1.54) is 4.31 Å². The molecule has 0 spiro atoms. The van der Waals surface area contributed by atoms with Crippen LogP contribution in [0.5, 0.6) is 0 Å². The lowest BCUT2D eigenvalue weighted by Gasteiger charge is -2.35. The standard InChI is InChI=1S/C12H22N4O2S/c1-4-10-7-16(6-5-11(10)13)19(17,18)12-8-15(3)9(2)14-12/h8,10-11H,4-7,13H2,1-3H3. The largest absolute Gasteiger partial charge is 0.337 e. The van der Waals surface area contributed by atoms with Gasteiger partial charge in [-0.25, -0.2) is 13.4 Å². The van der Waals surface area contributed by atoms with Gasteiger partial charge in [-0.05, 0) is 19.3 Å². The van der Waals surface area contributed by atoms with Crippen LogP contribution in [0.3, 0.4) is 0 Å². The van der Waals surface area contributed by atoms with Gasteiger partial charge in [-0.3, -0.25) is 0 Å². The van der Waals surface area contributed by atoms with Gasteiger partial charge in [-0.15, -0.1) is 0 Å². The van der Waals surface area contributed by atoms with Gasteiger partial charge in [0.05, 0.1) is 0 Å². The van der Waals surface area contributed by atoms with Gasteiger partial charge in [-0.1, -0.05) is 13.3 Å². The zero-order valence-electron chi connectivity index (χ0n) is 11.7. The molecule has 1 fully saturated rings. The quantitative estimate of drug-likeness (QED) is 0.876. The summed E-state index contributed by atoms with van der Waals surface area (Å²) in [5.74, 6) is 0.924. The molecular weight excluding hydrogens is 264 g/mol. The molecule has 1 aliphatic heterocycles. The highest BCUT2D eigenvalue weighted by molar-refractivity contribution is 7.89. The summed E-state index contributed by atoms with van der Waals surface area (Å²) in [4.78, 5) is 4.13. The van der Waals surface area contributed by atoms with Crippen LogP contribution in [-0.4, -0.2) is 41.4 Å². The Labute approximate surface area is 114 Å². The molecule has 1 aliphatic rings. The van der Waals surface area contributed by atoms with Crippen molar-refractivity contribution >= 4 is 10.0 Å². The molecule has 1 aromatic heterocycles. The molecule has 2 N–H and O–H groups in total. The van der Waals surface area contributed by atoms with Crippen LogP contribution in [-0.2, 0) is 17.1 Å². The van der Waals surface area contributed by atoms with E-state index < -0.39 is 10.0 Å². The fourth-order valence-electron chi connectivity index (χ4n) is 2.45. The highest BCUT2D eigenvalue weighted by atomic mass is 32.2. The van der Waals surface area contributed by atoms with E-state index in [0.717, 1.165) is 6.42 Å². The van der Waals surface area contributed by atoms with Crippen molar-refractivity contribution in [3.8, 4) is 0 Å². The van der Waals surface area contributed by atoms with Crippen molar-refractivity contribution in [2.75, 3.05) is 13.1 Å². The first-order valence-electron chi connectivity index (χ1n) is 6.62. The molecule has 2 unspecified atom stereocenters. The summed E-state index contributed by atoms with van der Waals surface area (Å²) in [6.07, 6.45) is 3.18. The average molecular weight is 286 g/mol. The molecule has 2 rings (SSSR count). The fraction of sp³-hybridized carbons (Fsp3) is 0.750. The molecule has 6 nitrogen and oxygen atoms in total. The number of aromatic nitrogens is 2. The minimum atomic E-state index is -3.48. The zero-order chi connectivity index (χ0) is 14.2. The summed E-state index contributed by atoms with van der Waals surface area (Å²) >= 11 is 0. The van der Waals surface area contributed by atoms with Crippen LogP contribution in [0.15, 0.2) is 11.2 Å². The molecule has 108 valence electrons. The van der Waals surface area contributed by atoms with Crippen molar-refractivity contribution in [3.05, 3.63) is 12.0 Å². The monoisotopic (exact) mass is 286 g/mol. The number of imidazole rings is 1. The summed E-state index contributed by atoms with van der Waals surface area (Å²) < 4.78 is 28.3. The average Bonchev–Trinajstić information content (AvgIpc) is 2.70. The van der Waals surface area contributed by atoms with E-state index in [0.29, 0.717) is 25.3 Å². The van der Waals surface area contributed by atoms with E-state index in [1.54, 1.807) is 24.7 Å². The van der Waals surface area contributed by atoms with Crippen molar-refractivity contribution in [3.63, 3.8) is 0 Å². The van der Waals surface area contributed by atoms with E-state index in [9.17, 15) is 8.42 Å². The van der Waals surface area contributed by atoms with Gasteiger partial charge in [0.2, 0.25) is 0 Å². The normalized spacial score (nSPS) is 25.7. The van der Waals surface area contributed by atoms with Crippen LogP contribution in [0.25, 0.3) is 0 Å². The number of sulfonamides is 1. The molecule has 0 aliphatic carbocycles. The van der Waals surface area contributed by atoms with Gasteiger partial charge >= 0.3 is 0 Å². The Morgan fingerprint density at radius 3 is 2.74 bits per heavy atom. The van der Waals surface area contributed by atoms with Crippen LogP contribution >= 0.6 is 0 Å². The third-order valence-corrected chi connectivity index (χ3v) is 5.71. The van der Waals surface area contributed by atoms with Crippen LogP contribution in [0, 0.1) is 12.8 Å². The number of nitrogens with zero attached hydrogens (tertiary/aromatic N) is 3. The van der Waals surface area contributed by atoms with E-state index in [-0.39, 0.29) is 17.0 Å². The van der Waals surface area contributed by atoms with E-state index in [2.05, 4.69) is 4.98 Å². The Balaban J connectivity index is 2.25. The Hall–Kier alpha value is -0.920. The van der Waals surface area contributed by atoms with Crippen LogP contribution in [0.2, 0.25) is 0 Å². The number of hydrogen-bond acceptors (Lipinski definition) is 4. The van der Waals surface area contributed by atoms with E-state index in [1.807, 2.05) is 6.92 Å². The summed E-state index contributed by atoms with van der Waals surface area (Å²) in [7, 11) is -1.69. The lowest BCUT2D eigenvalue weighted by molar-refractivity contribution is 0.230. The Morgan fingerprint density at radius 2 is 2.21 bits per heavy atom. The summed E-state index contributed by atoms with van der Waals surface area (Å²) in [5, 5.41) is 0.137. The van der Waals surface area contributed by atoms with Crippen LogP contribution < -0.4 is 5.73 Å². The smallest absolute Gasteiger partial charge is 0.262 e. The number of aryl methyl sites for hydroxylation is 2. The number of nitrogens with two attached hydrogens (primary N) is 1. The molecule has 0 bridgehead atoms. The summed E-state index contributed by atoms with van der Waals surface area (Å²) in [6, 6.07) is 0.0990. The van der Waals surface area contributed by atoms with Crippen LogP contribution in [0.4, 0.5) is 0 Å². The molecular formula is C12H22N4O2S. The van der Waals surface area contributed by atoms with E-state index >= 15 is 0 Å². The molecule has 0 radical (unpaired) electrons. The lowest BCUT2D eigenvalue weighted by Crippen LogP contribution is -2.48. The minimum Gasteiger partial charge on any atom is -0.337 e. The predicted octanol–water partition coefficient (Wildman–Crippen LogP) is 0.476. The third-order valence-electron chi connectivity index (χ3n) is 3.97. The first-order valence-corrected chi connectivity index (χ1v) is 8.06. The molecule has 7 heteroatoms. The van der Waals surface area contributed by atoms with Gasteiger partial charge in [0.15, 0.2) is 5.03 Å². The zero-order valence-corrected chi connectivity index (χ0v) is 12.5. The Morgan fingerprint density at radius 1 is 1.53 bits per heavy atom. The van der Waals surface area contributed by atoms with Gasteiger partial charge in [0.1, 0.15) is 5.82 Å². The summed E-state index contributed by atoms with van der Waals surface area (Å²) in [6.45, 7) is 4.82. The van der Waals surface area contributed by atoms with Crippen molar-refractivity contribution in [1.29, 1.82) is 0 Å². The molecule has 1 aromatic rings. The van der Waals surface area contributed by atoms with Crippen molar-refractivity contribution in [2.24, 2.45) is 18.7 Å². The number of piperidine rings is 1. The SMILES string of the molecule is CCC1CN(S(=O)(=O)c2cn(C)c(C)n2)CCC1N. The third kappa shape index (κ3) is 2.68. The molecule has 1 saturated heterocycles. The van der Waals surface area contributed by atoms with Crippen molar-refractivity contribution < 1.29 is 8.42 Å².